The van der Waals surface area contributed by atoms with E-state index in [4.69, 9.17) is 10.2 Å². The first kappa shape index (κ1) is 16.3. The van der Waals surface area contributed by atoms with Gasteiger partial charge in [0.05, 0.1) is 4.90 Å². The summed E-state index contributed by atoms with van der Waals surface area (Å²) in [4.78, 5) is 21.9. The zero-order valence-corrected chi connectivity index (χ0v) is 11.6. The van der Waals surface area contributed by atoms with Crippen molar-refractivity contribution >= 4 is 21.8 Å². The van der Waals surface area contributed by atoms with Crippen molar-refractivity contribution in [2.75, 3.05) is 6.61 Å². The van der Waals surface area contributed by atoms with Crippen molar-refractivity contribution in [3.63, 3.8) is 0 Å². The van der Waals surface area contributed by atoms with E-state index < -0.39 is 28.6 Å². The zero-order chi connectivity index (χ0) is 15.3. The van der Waals surface area contributed by atoms with E-state index in [1.54, 1.807) is 0 Å². The number of benzene rings is 1. The molecule has 1 atom stereocenters. The van der Waals surface area contributed by atoms with E-state index in [-0.39, 0.29) is 22.7 Å². The molecule has 0 aliphatic rings. The standard InChI is InChI=1S/C12H15NO6S/c1-8(15)9-3-2-4-10(7-9)20(18,19)13-11(5-6-14)12(16)17/h2-4,7,11,13-14H,5-6H2,1H3,(H,16,17). The van der Waals surface area contributed by atoms with Crippen LogP contribution in [0.2, 0.25) is 0 Å². The second-order valence-electron chi connectivity index (χ2n) is 4.11. The minimum absolute atomic E-state index is 0.200. The lowest BCUT2D eigenvalue weighted by Gasteiger charge is -2.13. The number of carbonyl (C=O) groups is 2. The van der Waals surface area contributed by atoms with Crippen LogP contribution in [0.25, 0.3) is 0 Å². The monoisotopic (exact) mass is 301 g/mol. The first-order chi connectivity index (χ1) is 9.27. The highest BCUT2D eigenvalue weighted by molar-refractivity contribution is 7.89. The normalized spacial score (nSPS) is 12.9. The van der Waals surface area contributed by atoms with Gasteiger partial charge in [0.15, 0.2) is 5.78 Å². The molecule has 0 aromatic heterocycles. The first-order valence-corrected chi connectivity index (χ1v) is 7.23. The molecule has 0 fully saturated rings. The highest BCUT2D eigenvalue weighted by Crippen LogP contribution is 2.13. The molecule has 0 spiro atoms. The summed E-state index contributed by atoms with van der Waals surface area (Å²) in [6.07, 6.45) is -0.249. The van der Waals surface area contributed by atoms with Crippen molar-refractivity contribution in [1.82, 2.24) is 4.72 Å². The van der Waals surface area contributed by atoms with Gasteiger partial charge in [-0.3, -0.25) is 9.59 Å². The van der Waals surface area contributed by atoms with Crippen LogP contribution in [0.5, 0.6) is 0 Å². The van der Waals surface area contributed by atoms with Gasteiger partial charge in [0.25, 0.3) is 0 Å². The largest absolute Gasteiger partial charge is 0.480 e. The Hall–Kier alpha value is -1.77. The molecule has 8 heteroatoms. The fraction of sp³-hybridized carbons (Fsp3) is 0.333. The third-order valence-electron chi connectivity index (χ3n) is 2.56. The number of hydrogen-bond donors (Lipinski definition) is 3. The van der Waals surface area contributed by atoms with E-state index in [9.17, 15) is 18.0 Å². The van der Waals surface area contributed by atoms with Crippen LogP contribution in [0.3, 0.4) is 0 Å². The van der Waals surface area contributed by atoms with E-state index in [2.05, 4.69) is 0 Å². The maximum absolute atomic E-state index is 12.0. The quantitative estimate of drug-likeness (QED) is 0.610. The zero-order valence-electron chi connectivity index (χ0n) is 10.7. The van der Waals surface area contributed by atoms with E-state index in [1.165, 1.54) is 31.2 Å². The summed E-state index contributed by atoms with van der Waals surface area (Å²) in [7, 11) is -4.08. The Bertz CT molecular complexity index is 610. The fourth-order valence-corrected chi connectivity index (χ4v) is 2.77. The molecule has 1 aromatic rings. The molecule has 110 valence electrons. The minimum Gasteiger partial charge on any atom is -0.480 e. The number of aliphatic hydroxyl groups excluding tert-OH is 1. The number of rotatable bonds is 7. The van der Waals surface area contributed by atoms with E-state index in [0.29, 0.717) is 0 Å². The van der Waals surface area contributed by atoms with Gasteiger partial charge in [-0.05, 0) is 25.5 Å². The van der Waals surface area contributed by atoms with Crippen molar-refractivity contribution in [2.24, 2.45) is 0 Å². The highest BCUT2D eigenvalue weighted by Gasteiger charge is 2.25. The van der Waals surface area contributed by atoms with Gasteiger partial charge in [0, 0.05) is 12.2 Å². The Labute approximate surface area is 116 Å². The maximum atomic E-state index is 12.0. The SMILES string of the molecule is CC(=O)c1cccc(S(=O)(=O)NC(CCO)C(=O)O)c1. The lowest BCUT2D eigenvalue weighted by Crippen LogP contribution is -2.41. The summed E-state index contributed by atoms with van der Waals surface area (Å²) in [5.74, 6) is -1.68. The van der Waals surface area contributed by atoms with E-state index in [0.717, 1.165) is 0 Å². The van der Waals surface area contributed by atoms with Crippen molar-refractivity contribution in [1.29, 1.82) is 0 Å². The number of hydrogen-bond acceptors (Lipinski definition) is 5. The molecule has 0 bridgehead atoms. The molecule has 1 rings (SSSR count). The summed E-state index contributed by atoms with van der Waals surface area (Å²) in [6, 6.07) is 3.86. The number of Topliss-reactive ketones (excluding diaryl/α,β-unsaturated/α-hetero) is 1. The maximum Gasteiger partial charge on any atom is 0.321 e. The van der Waals surface area contributed by atoms with Crippen molar-refractivity contribution in [2.45, 2.75) is 24.3 Å². The molecule has 0 saturated heterocycles. The number of carbonyl (C=O) groups excluding carboxylic acids is 1. The number of ketones is 1. The predicted molar refractivity (Wildman–Crippen MR) is 69.9 cm³/mol. The van der Waals surface area contributed by atoms with Crippen LogP contribution in [0.15, 0.2) is 29.2 Å². The number of nitrogens with one attached hydrogen (secondary N) is 1. The Morgan fingerprint density at radius 2 is 2.00 bits per heavy atom. The second-order valence-corrected chi connectivity index (χ2v) is 5.82. The van der Waals surface area contributed by atoms with Gasteiger partial charge in [0.2, 0.25) is 10.0 Å². The Balaban J connectivity index is 3.07. The molecule has 0 heterocycles. The van der Waals surface area contributed by atoms with Crippen LogP contribution < -0.4 is 4.72 Å². The van der Waals surface area contributed by atoms with E-state index in [1.807, 2.05) is 4.72 Å². The molecule has 7 nitrogen and oxygen atoms in total. The number of aliphatic hydroxyl groups is 1. The average Bonchev–Trinajstić information content (AvgIpc) is 2.38. The van der Waals surface area contributed by atoms with Gasteiger partial charge >= 0.3 is 5.97 Å². The second kappa shape index (κ2) is 6.60. The number of carboxylic acids is 1. The smallest absolute Gasteiger partial charge is 0.321 e. The van der Waals surface area contributed by atoms with Crippen LogP contribution in [0, 0.1) is 0 Å². The molecule has 1 unspecified atom stereocenters. The summed E-state index contributed by atoms with van der Waals surface area (Å²) >= 11 is 0. The number of carboxylic acid groups (broad SMARTS) is 1. The van der Waals surface area contributed by atoms with Crippen LogP contribution in [0.4, 0.5) is 0 Å². The van der Waals surface area contributed by atoms with Gasteiger partial charge in [-0.15, -0.1) is 0 Å². The Kier molecular flexibility index (Phi) is 5.37. The molecule has 0 saturated carbocycles. The molecule has 0 aliphatic carbocycles. The van der Waals surface area contributed by atoms with Crippen LogP contribution in [-0.2, 0) is 14.8 Å². The third-order valence-corrected chi connectivity index (χ3v) is 4.03. The lowest BCUT2D eigenvalue weighted by molar-refractivity contribution is -0.139. The summed E-state index contributed by atoms with van der Waals surface area (Å²) < 4.78 is 26.0. The Morgan fingerprint density at radius 1 is 1.35 bits per heavy atom. The molecule has 3 N–H and O–H groups in total. The number of sulfonamides is 1. The van der Waals surface area contributed by atoms with Gasteiger partial charge in [-0.2, -0.15) is 4.72 Å². The minimum atomic E-state index is -4.08. The van der Waals surface area contributed by atoms with Crippen molar-refractivity contribution in [3.8, 4) is 0 Å². The van der Waals surface area contributed by atoms with Crippen molar-refractivity contribution in [3.05, 3.63) is 29.8 Å². The summed E-state index contributed by atoms with van der Waals surface area (Å²) in [5, 5.41) is 17.6. The number of aliphatic carboxylic acids is 1. The Morgan fingerprint density at radius 3 is 2.50 bits per heavy atom. The van der Waals surface area contributed by atoms with Crippen LogP contribution in [-0.4, -0.2) is 43.0 Å². The summed E-state index contributed by atoms with van der Waals surface area (Å²) in [5.41, 5.74) is 0.210. The van der Waals surface area contributed by atoms with Crippen LogP contribution >= 0.6 is 0 Å². The lowest BCUT2D eigenvalue weighted by atomic mass is 10.2. The van der Waals surface area contributed by atoms with Gasteiger partial charge in [-0.1, -0.05) is 12.1 Å². The molecule has 0 radical (unpaired) electrons. The predicted octanol–water partition coefficient (Wildman–Crippen LogP) is 0.00310. The molecular formula is C12H15NO6S. The molecule has 1 aromatic carbocycles. The van der Waals surface area contributed by atoms with Gasteiger partial charge in [-0.25, -0.2) is 8.42 Å². The fourth-order valence-electron chi connectivity index (χ4n) is 1.50. The topological polar surface area (TPSA) is 121 Å². The van der Waals surface area contributed by atoms with E-state index >= 15 is 0 Å². The molecule has 0 amide bonds. The molecule has 20 heavy (non-hydrogen) atoms. The molecular weight excluding hydrogens is 286 g/mol. The average molecular weight is 301 g/mol. The first-order valence-electron chi connectivity index (χ1n) is 5.75. The van der Waals surface area contributed by atoms with Crippen LogP contribution in [0.1, 0.15) is 23.7 Å². The van der Waals surface area contributed by atoms with Crippen molar-refractivity contribution < 1.29 is 28.2 Å². The van der Waals surface area contributed by atoms with Gasteiger partial charge in [0.1, 0.15) is 6.04 Å². The third kappa shape index (κ3) is 4.12. The molecule has 0 aliphatic heterocycles. The summed E-state index contributed by atoms with van der Waals surface area (Å²) in [6.45, 7) is 0.831. The highest BCUT2D eigenvalue weighted by atomic mass is 32.2. The van der Waals surface area contributed by atoms with Gasteiger partial charge < -0.3 is 10.2 Å².